The molecular weight excluding hydrogens is 284 g/mol. The maximum absolute atomic E-state index is 12.4. The molecule has 0 amide bonds. The summed E-state index contributed by atoms with van der Waals surface area (Å²) in [6, 6.07) is 0.452. The van der Waals surface area contributed by atoms with Crippen LogP contribution in [0.15, 0.2) is 0 Å². The Labute approximate surface area is 130 Å². The van der Waals surface area contributed by atoms with Gasteiger partial charge in [-0.3, -0.25) is 4.90 Å². The van der Waals surface area contributed by atoms with E-state index in [-0.39, 0.29) is 11.3 Å². The minimum absolute atomic E-state index is 0.163. The number of rotatable bonds is 4. The maximum atomic E-state index is 12.4. The Morgan fingerprint density at radius 2 is 1.86 bits per heavy atom. The number of sulfone groups is 1. The number of nitrogens with one attached hydrogen (secondary N) is 1. The second kappa shape index (κ2) is 5.82. The molecule has 1 heterocycles. The van der Waals surface area contributed by atoms with E-state index in [0.29, 0.717) is 12.6 Å². The van der Waals surface area contributed by atoms with Gasteiger partial charge < -0.3 is 5.32 Å². The fourth-order valence-corrected chi connectivity index (χ4v) is 4.31. The van der Waals surface area contributed by atoms with E-state index >= 15 is 0 Å². The summed E-state index contributed by atoms with van der Waals surface area (Å²) in [7, 11) is -3.04. The van der Waals surface area contributed by atoms with Crippen LogP contribution in [0.2, 0.25) is 0 Å². The highest BCUT2D eigenvalue weighted by Gasteiger charge is 2.44. The fourth-order valence-electron chi connectivity index (χ4n) is 3.22. The zero-order chi connectivity index (χ0) is 15.9. The van der Waals surface area contributed by atoms with E-state index in [1.54, 1.807) is 20.8 Å². The zero-order valence-corrected chi connectivity index (χ0v) is 15.1. The van der Waals surface area contributed by atoms with Gasteiger partial charge in [-0.15, -0.1) is 0 Å². The Hall–Kier alpha value is -0.130. The van der Waals surface area contributed by atoms with Crippen molar-refractivity contribution in [3.8, 4) is 0 Å². The van der Waals surface area contributed by atoms with Crippen LogP contribution in [0.25, 0.3) is 0 Å². The summed E-state index contributed by atoms with van der Waals surface area (Å²) in [5.74, 6) is 1.03. The smallest absolute Gasteiger partial charge is 0.156 e. The van der Waals surface area contributed by atoms with Crippen molar-refractivity contribution in [1.29, 1.82) is 0 Å². The van der Waals surface area contributed by atoms with E-state index in [2.05, 4.69) is 24.1 Å². The van der Waals surface area contributed by atoms with E-state index in [0.717, 1.165) is 25.4 Å². The minimum atomic E-state index is -3.04. The van der Waals surface area contributed by atoms with Crippen molar-refractivity contribution in [3.05, 3.63) is 0 Å². The zero-order valence-electron chi connectivity index (χ0n) is 14.3. The third-order valence-electron chi connectivity index (χ3n) is 5.30. The lowest BCUT2D eigenvalue weighted by Gasteiger charge is -2.36. The molecule has 1 saturated carbocycles. The minimum Gasteiger partial charge on any atom is -0.310 e. The highest BCUT2D eigenvalue weighted by molar-refractivity contribution is 7.92. The average molecular weight is 317 g/mol. The second-order valence-corrected chi connectivity index (χ2v) is 11.0. The second-order valence-electron chi connectivity index (χ2n) is 8.16. The SMILES string of the molecule is CC1CCNC(C)(C2CC2)CN1CCS(=O)(=O)C(C)(C)C. The van der Waals surface area contributed by atoms with E-state index in [4.69, 9.17) is 0 Å². The molecule has 0 radical (unpaired) electrons. The summed E-state index contributed by atoms with van der Waals surface area (Å²) < 4.78 is 24.1. The van der Waals surface area contributed by atoms with E-state index in [1.165, 1.54) is 12.8 Å². The highest BCUT2D eigenvalue weighted by atomic mass is 32.2. The van der Waals surface area contributed by atoms with Gasteiger partial charge in [-0.05, 0) is 66.3 Å². The van der Waals surface area contributed by atoms with Gasteiger partial charge in [0.05, 0.1) is 10.5 Å². The van der Waals surface area contributed by atoms with Gasteiger partial charge in [-0.2, -0.15) is 0 Å². The first-order valence-electron chi connectivity index (χ1n) is 8.26. The van der Waals surface area contributed by atoms with Gasteiger partial charge >= 0.3 is 0 Å². The molecular formula is C16H32N2O2S. The molecule has 0 bridgehead atoms. The Bertz CT molecular complexity index is 465. The van der Waals surface area contributed by atoms with Crippen LogP contribution in [0.3, 0.4) is 0 Å². The van der Waals surface area contributed by atoms with Crippen LogP contribution in [-0.4, -0.2) is 55.0 Å². The van der Waals surface area contributed by atoms with Gasteiger partial charge in [0.15, 0.2) is 9.84 Å². The van der Waals surface area contributed by atoms with Crippen LogP contribution in [0.5, 0.6) is 0 Å². The van der Waals surface area contributed by atoms with Gasteiger partial charge in [0, 0.05) is 24.7 Å². The molecule has 2 unspecified atom stereocenters. The molecule has 0 aromatic carbocycles. The molecule has 2 aliphatic rings. The van der Waals surface area contributed by atoms with Crippen LogP contribution >= 0.6 is 0 Å². The number of nitrogens with zero attached hydrogens (tertiary/aromatic N) is 1. The van der Waals surface area contributed by atoms with Crippen LogP contribution in [-0.2, 0) is 9.84 Å². The van der Waals surface area contributed by atoms with Crippen molar-refractivity contribution < 1.29 is 8.42 Å². The molecule has 5 heteroatoms. The Kier molecular flexibility index (Phi) is 4.77. The summed E-state index contributed by atoms with van der Waals surface area (Å²) >= 11 is 0. The van der Waals surface area contributed by atoms with Gasteiger partial charge in [-0.1, -0.05) is 0 Å². The molecule has 1 N–H and O–H groups in total. The van der Waals surface area contributed by atoms with Crippen molar-refractivity contribution in [2.24, 2.45) is 5.92 Å². The largest absolute Gasteiger partial charge is 0.310 e. The van der Waals surface area contributed by atoms with Crippen molar-refractivity contribution in [2.75, 3.05) is 25.4 Å². The Morgan fingerprint density at radius 1 is 1.24 bits per heavy atom. The molecule has 124 valence electrons. The van der Waals surface area contributed by atoms with Gasteiger partial charge in [0.2, 0.25) is 0 Å². The molecule has 2 atom stereocenters. The third-order valence-corrected chi connectivity index (χ3v) is 7.89. The first-order valence-corrected chi connectivity index (χ1v) is 9.92. The van der Waals surface area contributed by atoms with Crippen LogP contribution < -0.4 is 5.32 Å². The van der Waals surface area contributed by atoms with Crippen molar-refractivity contribution in [1.82, 2.24) is 10.2 Å². The predicted molar refractivity (Wildman–Crippen MR) is 88.3 cm³/mol. The molecule has 2 fully saturated rings. The van der Waals surface area contributed by atoms with Gasteiger partial charge in [0.1, 0.15) is 0 Å². The molecule has 1 aliphatic heterocycles. The Morgan fingerprint density at radius 3 is 2.38 bits per heavy atom. The molecule has 2 rings (SSSR count). The van der Waals surface area contributed by atoms with Crippen LogP contribution in [0.1, 0.15) is 53.9 Å². The number of hydrogen-bond acceptors (Lipinski definition) is 4. The molecule has 1 aliphatic carbocycles. The topological polar surface area (TPSA) is 49.4 Å². The quantitative estimate of drug-likeness (QED) is 0.862. The Balaban J connectivity index is 2.03. The van der Waals surface area contributed by atoms with Crippen molar-refractivity contribution in [2.45, 2.75) is 70.2 Å². The molecule has 4 nitrogen and oxygen atoms in total. The third kappa shape index (κ3) is 3.99. The standard InChI is InChI=1S/C16H32N2O2S/c1-13-8-9-17-16(5,14-6-7-14)12-18(13)10-11-21(19,20)15(2,3)4/h13-14,17H,6-12H2,1-5H3. The average Bonchev–Trinajstić information content (AvgIpc) is 3.16. The van der Waals surface area contributed by atoms with E-state index in [1.807, 2.05) is 0 Å². The fraction of sp³-hybridized carbons (Fsp3) is 1.00. The van der Waals surface area contributed by atoms with Crippen LogP contribution in [0, 0.1) is 5.92 Å². The highest BCUT2D eigenvalue weighted by Crippen LogP contribution is 2.41. The lowest BCUT2D eigenvalue weighted by molar-refractivity contribution is 0.170. The summed E-state index contributed by atoms with van der Waals surface area (Å²) in [4.78, 5) is 2.39. The summed E-state index contributed by atoms with van der Waals surface area (Å²) in [5, 5.41) is 3.72. The van der Waals surface area contributed by atoms with E-state index in [9.17, 15) is 8.42 Å². The van der Waals surface area contributed by atoms with Gasteiger partial charge in [-0.25, -0.2) is 8.42 Å². The maximum Gasteiger partial charge on any atom is 0.156 e. The van der Waals surface area contributed by atoms with Crippen molar-refractivity contribution in [3.63, 3.8) is 0 Å². The van der Waals surface area contributed by atoms with Gasteiger partial charge in [0.25, 0.3) is 0 Å². The predicted octanol–water partition coefficient (Wildman–Crippen LogP) is 2.05. The normalized spacial score (nSPS) is 32.9. The van der Waals surface area contributed by atoms with E-state index < -0.39 is 14.6 Å². The first kappa shape index (κ1) is 17.2. The summed E-state index contributed by atoms with van der Waals surface area (Å²) in [5.41, 5.74) is 0.163. The summed E-state index contributed by atoms with van der Waals surface area (Å²) in [6.07, 6.45) is 3.72. The molecule has 0 spiro atoms. The molecule has 0 aromatic heterocycles. The monoisotopic (exact) mass is 316 g/mol. The molecule has 1 saturated heterocycles. The lowest BCUT2D eigenvalue weighted by atomic mass is 9.95. The summed E-state index contributed by atoms with van der Waals surface area (Å²) in [6.45, 7) is 12.6. The molecule has 0 aromatic rings. The molecule has 21 heavy (non-hydrogen) atoms. The lowest BCUT2D eigenvalue weighted by Crippen LogP contribution is -2.52. The van der Waals surface area contributed by atoms with Crippen LogP contribution in [0.4, 0.5) is 0 Å². The van der Waals surface area contributed by atoms with Crippen molar-refractivity contribution >= 4 is 9.84 Å². The number of hydrogen-bond donors (Lipinski definition) is 1. The first-order chi connectivity index (χ1) is 9.55.